The van der Waals surface area contributed by atoms with Crippen molar-refractivity contribution in [1.29, 1.82) is 0 Å². The van der Waals surface area contributed by atoms with Gasteiger partial charge in [-0.3, -0.25) is 9.59 Å². The van der Waals surface area contributed by atoms with Gasteiger partial charge in [-0.05, 0) is 38.2 Å². The van der Waals surface area contributed by atoms with Crippen molar-refractivity contribution in [3.63, 3.8) is 0 Å². The molecule has 3 aliphatic heterocycles. The van der Waals surface area contributed by atoms with Gasteiger partial charge in [0.15, 0.2) is 16.7 Å². The smallest absolute Gasteiger partial charge is 0.338 e. The number of likely N-dealkylation sites (tertiary alicyclic amines) is 1. The van der Waals surface area contributed by atoms with Crippen molar-refractivity contribution >= 4 is 40.5 Å². The maximum Gasteiger partial charge on any atom is 0.338 e. The first-order chi connectivity index (χ1) is 21.4. The van der Waals surface area contributed by atoms with E-state index in [0.29, 0.717) is 71.7 Å². The van der Waals surface area contributed by atoms with Crippen LogP contribution >= 0.6 is 11.8 Å². The molecule has 3 heterocycles. The molecule has 0 saturated carbocycles. The summed E-state index contributed by atoms with van der Waals surface area (Å²) in [5.74, 6) is 0.0152. The number of fused-ring (bicyclic) bond motifs is 1. The van der Waals surface area contributed by atoms with Gasteiger partial charge in [0.05, 0.1) is 57.1 Å². The number of ether oxygens (including phenoxy) is 4. The Morgan fingerprint density at radius 3 is 2.32 bits per heavy atom. The number of piperidine rings is 1. The van der Waals surface area contributed by atoms with E-state index in [9.17, 15) is 14.4 Å². The molecular weight excluding hydrogens is 582 g/mol. The first kappa shape index (κ1) is 31.2. The molecule has 5 rings (SSSR count). The largest absolute Gasteiger partial charge is 0.493 e. The van der Waals surface area contributed by atoms with E-state index in [2.05, 4.69) is 0 Å². The molecule has 1 fully saturated rings. The number of carbonyl (C=O) groups excluding carboxylic acids is 3. The van der Waals surface area contributed by atoms with Gasteiger partial charge < -0.3 is 28.7 Å². The van der Waals surface area contributed by atoms with E-state index in [0.717, 1.165) is 5.56 Å². The lowest BCUT2D eigenvalue weighted by Crippen LogP contribution is -2.42. The number of amidine groups is 1. The van der Waals surface area contributed by atoms with E-state index in [1.165, 1.54) is 11.8 Å². The van der Waals surface area contributed by atoms with Gasteiger partial charge in [-0.15, -0.1) is 0 Å². The minimum Gasteiger partial charge on any atom is -0.493 e. The first-order valence-corrected chi connectivity index (χ1v) is 15.6. The van der Waals surface area contributed by atoms with E-state index in [1.54, 1.807) is 39.0 Å². The number of para-hydroxylation sites is 1. The van der Waals surface area contributed by atoms with Gasteiger partial charge >= 0.3 is 11.9 Å². The lowest BCUT2D eigenvalue weighted by molar-refractivity contribution is -0.151. The Labute approximate surface area is 261 Å². The fourth-order valence-electron chi connectivity index (χ4n) is 5.80. The predicted octanol–water partition coefficient (Wildman–Crippen LogP) is 5.17. The second-order valence-electron chi connectivity index (χ2n) is 10.4. The molecule has 1 atom stereocenters. The normalized spacial score (nSPS) is 18.3. The Morgan fingerprint density at radius 2 is 1.66 bits per heavy atom. The molecule has 44 heavy (non-hydrogen) atoms. The quantitative estimate of drug-likeness (QED) is 0.333. The van der Waals surface area contributed by atoms with Crippen LogP contribution in [0.15, 0.2) is 70.2 Å². The summed E-state index contributed by atoms with van der Waals surface area (Å²) < 4.78 is 22.3. The summed E-state index contributed by atoms with van der Waals surface area (Å²) in [6.07, 6.45) is 1.22. The average molecular weight is 620 g/mol. The summed E-state index contributed by atoms with van der Waals surface area (Å²) in [6.45, 7) is 5.03. The molecule has 1 amide bonds. The third-order valence-corrected chi connectivity index (χ3v) is 8.77. The lowest BCUT2D eigenvalue weighted by atomic mass is 9.90. The summed E-state index contributed by atoms with van der Waals surface area (Å²) >= 11 is 1.40. The van der Waals surface area contributed by atoms with Gasteiger partial charge in [0.2, 0.25) is 5.91 Å². The number of carbonyl (C=O) groups is 3. The van der Waals surface area contributed by atoms with Crippen LogP contribution in [-0.2, 0) is 23.9 Å². The summed E-state index contributed by atoms with van der Waals surface area (Å²) in [4.78, 5) is 48.4. The van der Waals surface area contributed by atoms with Crippen molar-refractivity contribution in [3.05, 3.63) is 76.3 Å². The van der Waals surface area contributed by atoms with Gasteiger partial charge in [-0.25, -0.2) is 9.79 Å². The zero-order valence-electron chi connectivity index (χ0n) is 25.4. The molecule has 0 radical (unpaired) electrons. The molecule has 0 spiro atoms. The van der Waals surface area contributed by atoms with Crippen molar-refractivity contribution in [3.8, 4) is 11.5 Å². The lowest BCUT2D eigenvalue weighted by Gasteiger charge is -2.38. The fourth-order valence-corrected chi connectivity index (χ4v) is 6.72. The molecule has 0 unspecified atom stereocenters. The van der Waals surface area contributed by atoms with Crippen LogP contribution in [-0.4, -0.2) is 73.3 Å². The van der Waals surface area contributed by atoms with Gasteiger partial charge in [-0.2, -0.15) is 0 Å². The first-order valence-electron chi connectivity index (χ1n) is 14.8. The maximum absolute atomic E-state index is 13.8. The van der Waals surface area contributed by atoms with Crippen molar-refractivity contribution in [2.24, 2.45) is 10.9 Å². The number of aliphatic imine (C=N–C) groups is 1. The molecule has 0 N–H and O–H groups in total. The van der Waals surface area contributed by atoms with Crippen LogP contribution < -0.4 is 9.47 Å². The molecule has 0 aliphatic carbocycles. The molecule has 0 bridgehead atoms. The number of thioether (sulfide) groups is 1. The van der Waals surface area contributed by atoms with Gasteiger partial charge in [0.25, 0.3) is 0 Å². The third-order valence-electron chi connectivity index (χ3n) is 7.88. The number of rotatable bonds is 10. The summed E-state index contributed by atoms with van der Waals surface area (Å²) in [5, 5.41) is 2.55. The molecular formula is C33H37N3O7S. The SMILES string of the molecule is CCOC(=O)C1=C(c2ccccc2)N=C2SC=C(CC(=O)N3CCC(C(=O)OCC)CC3)N2[C@H]1c1cccc(OC)c1OC. The van der Waals surface area contributed by atoms with Gasteiger partial charge in [0, 0.05) is 29.9 Å². The highest BCUT2D eigenvalue weighted by Crippen LogP contribution is 2.50. The molecule has 10 nitrogen and oxygen atoms in total. The summed E-state index contributed by atoms with van der Waals surface area (Å²) in [6, 6.07) is 14.3. The van der Waals surface area contributed by atoms with Gasteiger partial charge in [0.1, 0.15) is 0 Å². The number of esters is 2. The highest BCUT2D eigenvalue weighted by molar-refractivity contribution is 8.16. The number of benzene rings is 2. The second-order valence-corrected chi connectivity index (χ2v) is 11.2. The van der Waals surface area contributed by atoms with Gasteiger partial charge in [-0.1, -0.05) is 54.2 Å². The monoisotopic (exact) mass is 619 g/mol. The van der Waals surface area contributed by atoms with Crippen LogP contribution in [0.4, 0.5) is 0 Å². The van der Waals surface area contributed by atoms with Crippen molar-refractivity contribution < 1.29 is 33.3 Å². The Morgan fingerprint density at radius 1 is 0.932 bits per heavy atom. The standard InChI is InChI=1S/C33H37N3O7S/c1-5-42-31(38)22-15-17-35(18-16-22)26(37)19-23-20-44-33-34-28(21-11-8-7-9-12-21)27(32(39)43-6-2)29(36(23)33)24-13-10-14-25(40-3)30(24)41-4/h7-14,20,22,29H,5-6,15-19H2,1-4H3/t29-/m0/s1. The van der Waals surface area contributed by atoms with Crippen LogP contribution in [0, 0.1) is 5.92 Å². The Hall–Kier alpha value is -4.25. The van der Waals surface area contributed by atoms with Crippen LogP contribution in [0.1, 0.15) is 50.3 Å². The topological polar surface area (TPSA) is 107 Å². The molecule has 3 aliphatic rings. The number of methoxy groups -OCH3 is 2. The van der Waals surface area contributed by atoms with Crippen molar-refractivity contribution in [1.82, 2.24) is 9.80 Å². The summed E-state index contributed by atoms with van der Waals surface area (Å²) in [5.41, 5.74) is 2.98. The van der Waals surface area contributed by atoms with Crippen LogP contribution in [0.2, 0.25) is 0 Å². The number of amides is 1. The van der Waals surface area contributed by atoms with E-state index in [1.807, 2.05) is 52.8 Å². The average Bonchev–Trinajstić information content (AvgIpc) is 3.46. The molecule has 1 saturated heterocycles. The molecule has 11 heteroatoms. The Bertz CT molecular complexity index is 1500. The fraction of sp³-hybridized carbons (Fsp3) is 0.394. The van der Waals surface area contributed by atoms with E-state index < -0.39 is 12.0 Å². The molecule has 232 valence electrons. The van der Waals surface area contributed by atoms with E-state index in [4.69, 9.17) is 23.9 Å². The van der Waals surface area contributed by atoms with Crippen molar-refractivity contribution in [2.75, 3.05) is 40.5 Å². The number of hydrogen-bond acceptors (Lipinski definition) is 10. The van der Waals surface area contributed by atoms with Crippen molar-refractivity contribution in [2.45, 2.75) is 39.2 Å². The molecule has 0 aromatic heterocycles. The van der Waals surface area contributed by atoms with Crippen LogP contribution in [0.25, 0.3) is 5.70 Å². The highest BCUT2D eigenvalue weighted by atomic mass is 32.2. The highest BCUT2D eigenvalue weighted by Gasteiger charge is 2.44. The molecule has 2 aromatic carbocycles. The zero-order valence-corrected chi connectivity index (χ0v) is 26.2. The zero-order chi connectivity index (χ0) is 31.2. The second kappa shape index (κ2) is 14.0. The Balaban J connectivity index is 1.54. The predicted molar refractivity (Wildman–Crippen MR) is 168 cm³/mol. The van der Waals surface area contributed by atoms with Crippen LogP contribution in [0.3, 0.4) is 0 Å². The van der Waals surface area contributed by atoms with Crippen LogP contribution in [0.5, 0.6) is 11.5 Å². The summed E-state index contributed by atoms with van der Waals surface area (Å²) in [7, 11) is 3.12. The van der Waals surface area contributed by atoms with E-state index in [-0.39, 0.29) is 30.8 Å². The number of hydrogen-bond donors (Lipinski definition) is 0. The minimum atomic E-state index is -0.717. The minimum absolute atomic E-state index is 0.0627. The van der Waals surface area contributed by atoms with E-state index >= 15 is 0 Å². The number of nitrogens with zero attached hydrogens (tertiary/aromatic N) is 3. The third kappa shape index (κ3) is 6.19. The molecule has 2 aromatic rings. The Kier molecular flexibility index (Phi) is 9.94. The maximum atomic E-state index is 13.8.